The molecule has 0 aliphatic carbocycles. The van der Waals surface area contributed by atoms with E-state index in [0.29, 0.717) is 12.0 Å². The Hall–Kier alpha value is -2.35. The molecule has 1 N–H and O–H groups in total. The topological polar surface area (TPSA) is 73.2 Å². The zero-order valence-electron chi connectivity index (χ0n) is 9.36. The van der Waals surface area contributed by atoms with Crippen LogP contribution in [0.25, 0.3) is 0 Å². The highest BCUT2D eigenvalue weighted by molar-refractivity contribution is 6.03. The van der Waals surface area contributed by atoms with Crippen molar-refractivity contribution in [3.63, 3.8) is 0 Å². The lowest BCUT2D eigenvalue weighted by Crippen LogP contribution is -2.23. The Kier molecular flexibility index (Phi) is 2.79. The maximum atomic E-state index is 11.6. The summed E-state index contributed by atoms with van der Waals surface area (Å²) in [6, 6.07) is 6.94. The first-order valence-electron chi connectivity index (χ1n) is 5.18. The SMILES string of the molecule is CN1C(=O)Cc2cc(C(=O)NCC#N)ccc21. The minimum absolute atomic E-state index is 0.0191. The van der Waals surface area contributed by atoms with E-state index in [9.17, 15) is 9.59 Å². The molecule has 0 spiro atoms. The lowest BCUT2D eigenvalue weighted by atomic mass is 10.1. The van der Waals surface area contributed by atoms with Crippen LogP contribution in [-0.4, -0.2) is 25.4 Å². The molecule has 1 aliphatic heterocycles. The lowest BCUT2D eigenvalue weighted by Gasteiger charge is -2.10. The maximum Gasteiger partial charge on any atom is 0.252 e. The van der Waals surface area contributed by atoms with E-state index in [2.05, 4.69) is 5.32 Å². The fourth-order valence-corrected chi connectivity index (χ4v) is 1.83. The van der Waals surface area contributed by atoms with Crippen LogP contribution in [0.3, 0.4) is 0 Å². The molecular formula is C12H11N3O2. The van der Waals surface area contributed by atoms with E-state index in [-0.39, 0.29) is 18.4 Å². The second-order valence-corrected chi connectivity index (χ2v) is 3.81. The minimum Gasteiger partial charge on any atom is -0.339 e. The Morgan fingerprint density at radius 2 is 2.35 bits per heavy atom. The third-order valence-electron chi connectivity index (χ3n) is 2.75. The number of hydrogen-bond donors (Lipinski definition) is 1. The molecule has 2 amide bonds. The molecule has 1 aliphatic rings. The number of rotatable bonds is 2. The minimum atomic E-state index is -0.295. The monoisotopic (exact) mass is 229 g/mol. The van der Waals surface area contributed by atoms with Crippen LogP contribution in [-0.2, 0) is 11.2 Å². The van der Waals surface area contributed by atoms with Gasteiger partial charge in [-0.25, -0.2) is 0 Å². The third kappa shape index (κ3) is 1.97. The van der Waals surface area contributed by atoms with Crippen LogP contribution in [0, 0.1) is 11.3 Å². The molecule has 0 bridgehead atoms. The van der Waals surface area contributed by atoms with Crippen molar-refractivity contribution >= 4 is 17.5 Å². The second-order valence-electron chi connectivity index (χ2n) is 3.81. The summed E-state index contributed by atoms with van der Waals surface area (Å²) >= 11 is 0. The number of carbonyl (C=O) groups is 2. The fourth-order valence-electron chi connectivity index (χ4n) is 1.83. The molecule has 2 rings (SSSR count). The summed E-state index contributed by atoms with van der Waals surface area (Å²) < 4.78 is 0. The van der Waals surface area contributed by atoms with E-state index < -0.39 is 0 Å². The number of fused-ring (bicyclic) bond motifs is 1. The average molecular weight is 229 g/mol. The Bertz CT molecular complexity index is 531. The average Bonchev–Trinajstić information content (AvgIpc) is 2.61. The smallest absolute Gasteiger partial charge is 0.252 e. The number of amides is 2. The second kappa shape index (κ2) is 4.26. The lowest BCUT2D eigenvalue weighted by molar-refractivity contribution is -0.117. The number of likely N-dealkylation sites (N-methyl/N-ethyl adjacent to an activating group) is 1. The van der Waals surface area contributed by atoms with Crippen LogP contribution >= 0.6 is 0 Å². The van der Waals surface area contributed by atoms with E-state index in [4.69, 9.17) is 5.26 Å². The summed E-state index contributed by atoms with van der Waals surface area (Å²) in [4.78, 5) is 24.6. The van der Waals surface area contributed by atoms with Crippen molar-refractivity contribution in [3.05, 3.63) is 29.3 Å². The van der Waals surface area contributed by atoms with E-state index in [0.717, 1.165) is 11.3 Å². The standard InChI is InChI=1S/C12H11N3O2/c1-15-10-3-2-8(12(17)14-5-4-13)6-9(10)7-11(15)16/h2-3,6H,5,7H2,1H3,(H,14,17). The highest BCUT2D eigenvalue weighted by Crippen LogP contribution is 2.28. The first-order chi connectivity index (χ1) is 8.13. The van der Waals surface area contributed by atoms with Gasteiger partial charge in [0.25, 0.3) is 5.91 Å². The summed E-state index contributed by atoms with van der Waals surface area (Å²) in [6.45, 7) is -0.0191. The molecule has 0 saturated heterocycles. The highest BCUT2D eigenvalue weighted by atomic mass is 16.2. The molecule has 1 heterocycles. The maximum absolute atomic E-state index is 11.6. The molecule has 0 aromatic heterocycles. The van der Waals surface area contributed by atoms with Gasteiger partial charge in [0, 0.05) is 18.3 Å². The summed E-state index contributed by atoms with van der Waals surface area (Å²) in [7, 11) is 1.71. The summed E-state index contributed by atoms with van der Waals surface area (Å²) in [5, 5.41) is 10.8. The third-order valence-corrected chi connectivity index (χ3v) is 2.75. The van der Waals surface area contributed by atoms with Gasteiger partial charge in [0.2, 0.25) is 5.91 Å². The Morgan fingerprint density at radius 3 is 3.06 bits per heavy atom. The molecule has 17 heavy (non-hydrogen) atoms. The van der Waals surface area contributed by atoms with Crippen molar-refractivity contribution in [1.82, 2.24) is 5.32 Å². The van der Waals surface area contributed by atoms with Gasteiger partial charge in [-0.1, -0.05) is 0 Å². The van der Waals surface area contributed by atoms with Gasteiger partial charge in [0.15, 0.2) is 0 Å². The number of hydrogen-bond acceptors (Lipinski definition) is 3. The normalized spacial score (nSPS) is 13.2. The molecule has 86 valence electrons. The predicted molar refractivity (Wildman–Crippen MR) is 61.5 cm³/mol. The largest absolute Gasteiger partial charge is 0.339 e. The van der Waals surface area contributed by atoms with Gasteiger partial charge in [0.1, 0.15) is 6.54 Å². The summed E-state index contributed by atoms with van der Waals surface area (Å²) in [5.74, 6) is -0.272. The highest BCUT2D eigenvalue weighted by Gasteiger charge is 2.24. The molecule has 0 unspecified atom stereocenters. The molecule has 5 nitrogen and oxygen atoms in total. The quantitative estimate of drug-likeness (QED) is 0.749. The van der Waals surface area contributed by atoms with Crippen molar-refractivity contribution in [2.75, 3.05) is 18.5 Å². The molecule has 0 fully saturated rings. The van der Waals surface area contributed by atoms with E-state index >= 15 is 0 Å². The molecule has 5 heteroatoms. The number of benzene rings is 1. The van der Waals surface area contributed by atoms with Gasteiger partial charge >= 0.3 is 0 Å². The van der Waals surface area contributed by atoms with Crippen LogP contribution < -0.4 is 10.2 Å². The van der Waals surface area contributed by atoms with Crippen molar-refractivity contribution in [1.29, 1.82) is 5.26 Å². The van der Waals surface area contributed by atoms with Crippen molar-refractivity contribution in [2.24, 2.45) is 0 Å². The number of anilines is 1. The zero-order chi connectivity index (χ0) is 12.4. The van der Waals surface area contributed by atoms with Crippen LogP contribution in [0.15, 0.2) is 18.2 Å². The summed E-state index contributed by atoms with van der Waals surface area (Å²) in [6.07, 6.45) is 0.325. The van der Waals surface area contributed by atoms with E-state index in [1.807, 2.05) is 6.07 Å². The molecule has 0 atom stereocenters. The van der Waals surface area contributed by atoms with Gasteiger partial charge in [-0.3, -0.25) is 9.59 Å². The van der Waals surface area contributed by atoms with Crippen LogP contribution in [0.2, 0.25) is 0 Å². The van der Waals surface area contributed by atoms with E-state index in [1.54, 1.807) is 30.1 Å². The Morgan fingerprint density at radius 1 is 1.59 bits per heavy atom. The molecule has 0 saturated carbocycles. The number of nitrogens with zero attached hydrogens (tertiary/aromatic N) is 2. The van der Waals surface area contributed by atoms with Gasteiger partial charge < -0.3 is 10.2 Å². The molecular weight excluding hydrogens is 218 g/mol. The van der Waals surface area contributed by atoms with Gasteiger partial charge in [-0.2, -0.15) is 5.26 Å². The number of nitrogens with one attached hydrogen (secondary N) is 1. The van der Waals surface area contributed by atoms with Crippen LogP contribution in [0.5, 0.6) is 0 Å². The van der Waals surface area contributed by atoms with Crippen LogP contribution in [0.1, 0.15) is 15.9 Å². The number of carbonyl (C=O) groups excluding carboxylic acids is 2. The van der Waals surface area contributed by atoms with Crippen molar-refractivity contribution < 1.29 is 9.59 Å². The van der Waals surface area contributed by atoms with Crippen molar-refractivity contribution in [3.8, 4) is 6.07 Å². The number of nitriles is 1. The Labute approximate surface area is 98.6 Å². The first kappa shape index (κ1) is 11.1. The van der Waals surface area contributed by atoms with Gasteiger partial charge in [-0.05, 0) is 23.8 Å². The van der Waals surface area contributed by atoms with Gasteiger partial charge in [-0.15, -0.1) is 0 Å². The van der Waals surface area contributed by atoms with E-state index in [1.165, 1.54) is 0 Å². The van der Waals surface area contributed by atoms with Crippen molar-refractivity contribution in [2.45, 2.75) is 6.42 Å². The first-order valence-corrected chi connectivity index (χ1v) is 5.18. The Balaban J connectivity index is 2.25. The van der Waals surface area contributed by atoms with Crippen LogP contribution in [0.4, 0.5) is 5.69 Å². The predicted octanol–water partition coefficient (Wildman–Crippen LogP) is 0.459. The zero-order valence-corrected chi connectivity index (χ0v) is 9.36. The summed E-state index contributed by atoms with van der Waals surface area (Å²) in [5.41, 5.74) is 2.16. The molecule has 1 aromatic carbocycles. The molecule has 0 radical (unpaired) electrons. The fraction of sp³-hybridized carbons (Fsp3) is 0.250. The molecule has 1 aromatic rings. The van der Waals surface area contributed by atoms with Gasteiger partial charge in [0.05, 0.1) is 12.5 Å².